The molecule has 112 valence electrons. The van der Waals surface area contributed by atoms with Crippen LogP contribution >= 0.6 is 0 Å². The van der Waals surface area contributed by atoms with E-state index in [4.69, 9.17) is 4.52 Å². The number of rotatable bonds is 4. The molecule has 0 radical (unpaired) electrons. The molecule has 0 bridgehead atoms. The number of amides is 1. The van der Waals surface area contributed by atoms with Gasteiger partial charge >= 0.3 is 0 Å². The van der Waals surface area contributed by atoms with Crippen LogP contribution in [0.15, 0.2) is 4.52 Å². The van der Waals surface area contributed by atoms with Crippen LogP contribution in [0.1, 0.15) is 55.5 Å². The molecule has 5 nitrogen and oxygen atoms in total. The van der Waals surface area contributed by atoms with Gasteiger partial charge in [-0.1, -0.05) is 12.1 Å². The maximum Gasteiger partial charge on any atom is 0.223 e. The summed E-state index contributed by atoms with van der Waals surface area (Å²) in [4.78, 5) is 14.3. The standard InChI is InChI=1S/C15H24N2O3/c1-10(15-11(2)16-20-12(15)3)8-14(19)17-7-5-4-6-13(17)9-18/h10,13,18H,4-9H2,1-3H3. The van der Waals surface area contributed by atoms with Crippen molar-refractivity contribution in [2.75, 3.05) is 13.2 Å². The molecule has 2 atom stereocenters. The summed E-state index contributed by atoms with van der Waals surface area (Å²) in [6.45, 7) is 6.64. The Morgan fingerprint density at radius 2 is 2.25 bits per heavy atom. The molecule has 2 unspecified atom stereocenters. The van der Waals surface area contributed by atoms with Crippen LogP contribution in [0.3, 0.4) is 0 Å². The number of piperidine rings is 1. The summed E-state index contributed by atoms with van der Waals surface area (Å²) in [5.74, 6) is 1.01. The van der Waals surface area contributed by atoms with Crippen LogP contribution in [-0.4, -0.2) is 40.3 Å². The van der Waals surface area contributed by atoms with Crippen LogP contribution in [0.5, 0.6) is 0 Å². The summed E-state index contributed by atoms with van der Waals surface area (Å²) < 4.78 is 5.17. The van der Waals surface area contributed by atoms with Gasteiger partial charge in [0.15, 0.2) is 0 Å². The third-order valence-electron chi connectivity index (χ3n) is 4.22. The summed E-state index contributed by atoms with van der Waals surface area (Å²) in [7, 11) is 0. The third kappa shape index (κ3) is 3.03. The highest BCUT2D eigenvalue weighted by Gasteiger charge is 2.28. The summed E-state index contributed by atoms with van der Waals surface area (Å²) in [5.41, 5.74) is 1.90. The van der Waals surface area contributed by atoms with Crippen molar-refractivity contribution in [1.29, 1.82) is 0 Å². The molecule has 0 aromatic carbocycles. The Kier molecular flexibility index (Phi) is 4.81. The molecule has 2 heterocycles. The molecule has 1 aromatic rings. The third-order valence-corrected chi connectivity index (χ3v) is 4.22. The number of hydrogen-bond acceptors (Lipinski definition) is 4. The first-order chi connectivity index (χ1) is 9.54. The molecule has 0 saturated carbocycles. The molecule has 0 spiro atoms. The molecule has 1 amide bonds. The van der Waals surface area contributed by atoms with Gasteiger partial charge in [-0.15, -0.1) is 0 Å². The summed E-state index contributed by atoms with van der Waals surface area (Å²) in [6.07, 6.45) is 3.47. The van der Waals surface area contributed by atoms with E-state index in [9.17, 15) is 9.90 Å². The predicted molar refractivity (Wildman–Crippen MR) is 75.4 cm³/mol. The summed E-state index contributed by atoms with van der Waals surface area (Å²) >= 11 is 0. The van der Waals surface area contributed by atoms with Gasteiger partial charge in [0.1, 0.15) is 5.76 Å². The molecule has 1 fully saturated rings. The van der Waals surface area contributed by atoms with E-state index >= 15 is 0 Å². The minimum atomic E-state index is -0.00637. The Morgan fingerprint density at radius 1 is 1.50 bits per heavy atom. The van der Waals surface area contributed by atoms with Gasteiger partial charge in [0.05, 0.1) is 18.3 Å². The fraction of sp³-hybridized carbons (Fsp3) is 0.733. The first-order valence-electron chi connectivity index (χ1n) is 7.37. The minimum Gasteiger partial charge on any atom is -0.394 e. The second kappa shape index (κ2) is 6.39. The van der Waals surface area contributed by atoms with Crippen molar-refractivity contribution >= 4 is 5.91 Å². The maximum absolute atomic E-state index is 12.5. The van der Waals surface area contributed by atoms with Crippen molar-refractivity contribution in [3.8, 4) is 0 Å². The van der Waals surface area contributed by atoms with E-state index in [1.165, 1.54) is 0 Å². The molecule has 1 N–H and O–H groups in total. The number of aryl methyl sites for hydroxylation is 2. The molecule has 0 aliphatic carbocycles. The van der Waals surface area contributed by atoms with Crippen molar-refractivity contribution in [3.05, 3.63) is 17.0 Å². The van der Waals surface area contributed by atoms with E-state index in [2.05, 4.69) is 5.16 Å². The van der Waals surface area contributed by atoms with Gasteiger partial charge in [0.2, 0.25) is 5.91 Å². The van der Waals surface area contributed by atoms with Crippen LogP contribution in [0.4, 0.5) is 0 Å². The molecular formula is C15H24N2O3. The number of nitrogens with zero attached hydrogens (tertiary/aromatic N) is 2. The Labute approximate surface area is 119 Å². The average molecular weight is 280 g/mol. The number of aromatic nitrogens is 1. The normalized spacial score (nSPS) is 21.0. The van der Waals surface area contributed by atoms with Crippen LogP contribution in [0.25, 0.3) is 0 Å². The Morgan fingerprint density at radius 3 is 2.85 bits per heavy atom. The fourth-order valence-corrected chi connectivity index (χ4v) is 3.19. The summed E-state index contributed by atoms with van der Waals surface area (Å²) in [6, 6.07) is -0.00637. The van der Waals surface area contributed by atoms with Crippen molar-refractivity contribution in [2.45, 2.75) is 58.4 Å². The first-order valence-corrected chi connectivity index (χ1v) is 7.37. The molecule has 1 aliphatic rings. The highest BCUT2D eigenvalue weighted by Crippen LogP contribution is 2.27. The first kappa shape index (κ1) is 15.0. The largest absolute Gasteiger partial charge is 0.394 e. The van der Waals surface area contributed by atoms with Gasteiger partial charge in [0, 0.05) is 18.5 Å². The van der Waals surface area contributed by atoms with Gasteiger partial charge < -0.3 is 14.5 Å². The Hall–Kier alpha value is -1.36. The van der Waals surface area contributed by atoms with E-state index < -0.39 is 0 Å². The van der Waals surface area contributed by atoms with Crippen molar-refractivity contribution < 1.29 is 14.4 Å². The zero-order valence-electron chi connectivity index (χ0n) is 12.6. The quantitative estimate of drug-likeness (QED) is 0.917. The second-order valence-electron chi connectivity index (χ2n) is 5.76. The molecule has 1 saturated heterocycles. The van der Waals surface area contributed by atoms with Gasteiger partial charge in [-0.2, -0.15) is 0 Å². The number of hydrogen-bond donors (Lipinski definition) is 1. The van der Waals surface area contributed by atoms with E-state index in [0.717, 1.165) is 42.8 Å². The lowest BCUT2D eigenvalue weighted by atomic mass is 9.94. The molecule has 1 aromatic heterocycles. The number of aliphatic hydroxyl groups excluding tert-OH is 1. The molecule has 1 aliphatic heterocycles. The van der Waals surface area contributed by atoms with E-state index in [0.29, 0.717) is 6.42 Å². The van der Waals surface area contributed by atoms with Gasteiger partial charge in [0.25, 0.3) is 0 Å². The van der Waals surface area contributed by atoms with Crippen LogP contribution < -0.4 is 0 Å². The lowest BCUT2D eigenvalue weighted by Crippen LogP contribution is -2.45. The molecule has 2 rings (SSSR count). The smallest absolute Gasteiger partial charge is 0.223 e. The maximum atomic E-state index is 12.5. The fourth-order valence-electron chi connectivity index (χ4n) is 3.19. The summed E-state index contributed by atoms with van der Waals surface area (Å²) in [5, 5.41) is 13.3. The van der Waals surface area contributed by atoms with Gasteiger partial charge in [-0.25, -0.2) is 0 Å². The molecule has 5 heteroatoms. The lowest BCUT2D eigenvalue weighted by Gasteiger charge is -2.35. The second-order valence-corrected chi connectivity index (χ2v) is 5.76. The molecule has 20 heavy (non-hydrogen) atoms. The minimum absolute atomic E-state index is 0.00637. The lowest BCUT2D eigenvalue weighted by molar-refractivity contribution is -0.136. The average Bonchev–Trinajstić information content (AvgIpc) is 2.78. The zero-order valence-corrected chi connectivity index (χ0v) is 12.6. The van der Waals surface area contributed by atoms with Crippen LogP contribution in [-0.2, 0) is 4.79 Å². The van der Waals surface area contributed by atoms with Crippen molar-refractivity contribution in [2.24, 2.45) is 0 Å². The molecular weight excluding hydrogens is 256 g/mol. The van der Waals surface area contributed by atoms with Crippen LogP contribution in [0.2, 0.25) is 0 Å². The monoisotopic (exact) mass is 280 g/mol. The Bertz CT molecular complexity index is 450. The topological polar surface area (TPSA) is 66.6 Å². The SMILES string of the molecule is Cc1noc(C)c1C(C)CC(=O)N1CCCCC1CO. The number of carbonyl (C=O) groups excluding carboxylic acids is 1. The number of aliphatic hydroxyl groups is 1. The Balaban J connectivity index is 2.03. The van der Waals surface area contributed by atoms with Gasteiger partial charge in [-0.05, 0) is 39.0 Å². The number of likely N-dealkylation sites (tertiary alicyclic amines) is 1. The van der Waals surface area contributed by atoms with Crippen LogP contribution in [0, 0.1) is 13.8 Å². The van der Waals surface area contributed by atoms with E-state index in [1.807, 2.05) is 25.7 Å². The van der Waals surface area contributed by atoms with Crippen molar-refractivity contribution in [3.63, 3.8) is 0 Å². The van der Waals surface area contributed by atoms with Gasteiger partial charge in [-0.3, -0.25) is 4.79 Å². The zero-order chi connectivity index (χ0) is 14.7. The van der Waals surface area contributed by atoms with E-state index in [1.54, 1.807) is 0 Å². The number of carbonyl (C=O) groups is 1. The predicted octanol–water partition coefficient (Wildman–Crippen LogP) is 2.16. The highest BCUT2D eigenvalue weighted by molar-refractivity contribution is 5.77. The van der Waals surface area contributed by atoms with E-state index in [-0.39, 0.29) is 24.5 Å². The highest BCUT2D eigenvalue weighted by atomic mass is 16.5. The van der Waals surface area contributed by atoms with Crippen molar-refractivity contribution in [1.82, 2.24) is 10.1 Å².